The van der Waals surface area contributed by atoms with Gasteiger partial charge >= 0.3 is 12.0 Å². The molecule has 3 N–H and O–H groups in total. The van der Waals surface area contributed by atoms with Gasteiger partial charge in [0, 0.05) is 6.54 Å². The third kappa shape index (κ3) is 4.70. The number of amides is 3. The number of carbonyl (C=O) groups is 3. The van der Waals surface area contributed by atoms with E-state index in [0.717, 1.165) is 0 Å². The van der Waals surface area contributed by atoms with Crippen LogP contribution in [0.4, 0.5) is 4.79 Å². The number of nitrogens with zero attached hydrogens (tertiary/aromatic N) is 1. The molecule has 0 radical (unpaired) electrons. The van der Waals surface area contributed by atoms with Crippen LogP contribution in [0.3, 0.4) is 0 Å². The smallest absolute Gasteiger partial charge is 0.323 e. The zero-order chi connectivity index (χ0) is 14.3. The number of carboxylic acids is 1. The summed E-state index contributed by atoms with van der Waals surface area (Å²) in [6.45, 7) is 7.17. The van der Waals surface area contributed by atoms with Crippen LogP contribution in [-0.4, -0.2) is 53.1 Å². The van der Waals surface area contributed by atoms with E-state index in [4.69, 9.17) is 5.11 Å². The van der Waals surface area contributed by atoms with Crippen LogP contribution in [0.1, 0.15) is 27.7 Å². The summed E-state index contributed by atoms with van der Waals surface area (Å²) in [6, 6.07) is -0.577. The number of likely N-dealkylation sites (N-methyl/N-ethyl adjacent to an activating group) is 1. The van der Waals surface area contributed by atoms with Crippen molar-refractivity contribution in [2.24, 2.45) is 0 Å². The maximum Gasteiger partial charge on any atom is 0.323 e. The summed E-state index contributed by atoms with van der Waals surface area (Å²) >= 11 is 0. The Bertz CT molecular complexity index is 328. The number of hydrogen-bond acceptors (Lipinski definition) is 4. The largest absolute Gasteiger partial charge is 0.480 e. The molecule has 3 amide bonds. The molecule has 0 aromatic carbocycles. The Hall–Kier alpha value is -1.63. The van der Waals surface area contributed by atoms with Gasteiger partial charge in [0.1, 0.15) is 5.54 Å². The average molecular weight is 259 g/mol. The Morgan fingerprint density at radius 3 is 2.17 bits per heavy atom. The number of carboxylic acid groups (broad SMARTS) is 1. The van der Waals surface area contributed by atoms with Gasteiger partial charge in [-0.2, -0.15) is 0 Å². The highest BCUT2D eigenvalue weighted by molar-refractivity contribution is 5.95. The molecule has 7 nitrogen and oxygen atoms in total. The first kappa shape index (κ1) is 16.4. The second-order valence-electron chi connectivity index (χ2n) is 4.29. The number of nitrogens with one attached hydrogen (secondary N) is 2. The van der Waals surface area contributed by atoms with Gasteiger partial charge in [-0.25, -0.2) is 4.79 Å². The van der Waals surface area contributed by atoms with Crippen LogP contribution >= 0.6 is 0 Å². The molecule has 0 saturated heterocycles. The van der Waals surface area contributed by atoms with Crippen LogP contribution in [-0.2, 0) is 9.59 Å². The summed E-state index contributed by atoms with van der Waals surface area (Å²) in [4.78, 5) is 35.2. The maximum atomic E-state index is 11.6. The van der Waals surface area contributed by atoms with Crippen LogP contribution in [0.5, 0.6) is 0 Å². The second-order valence-corrected chi connectivity index (χ2v) is 4.29. The standard InChI is InChI=1S/C11H21N3O4/c1-5-12-10(18)13-8(15)7-14(6-2)11(3,4)9(16)17/h5-7H2,1-4H3,(H,16,17)(H2,12,13,15,18). The Labute approximate surface area is 107 Å². The van der Waals surface area contributed by atoms with Crippen molar-refractivity contribution >= 4 is 17.9 Å². The van der Waals surface area contributed by atoms with Gasteiger partial charge in [0.25, 0.3) is 0 Å². The van der Waals surface area contributed by atoms with Crippen molar-refractivity contribution in [3.05, 3.63) is 0 Å². The molecular formula is C11H21N3O4. The normalized spacial score (nSPS) is 11.2. The van der Waals surface area contributed by atoms with Gasteiger partial charge in [-0.15, -0.1) is 0 Å². The van der Waals surface area contributed by atoms with Crippen molar-refractivity contribution in [2.75, 3.05) is 19.6 Å². The summed E-state index contributed by atoms with van der Waals surface area (Å²) < 4.78 is 0. The summed E-state index contributed by atoms with van der Waals surface area (Å²) in [6.07, 6.45) is 0. The van der Waals surface area contributed by atoms with Crippen LogP contribution in [0.15, 0.2) is 0 Å². The molecule has 0 aliphatic carbocycles. The first-order valence-corrected chi connectivity index (χ1v) is 5.81. The van der Waals surface area contributed by atoms with Gasteiger partial charge in [0.15, 0.2) is 0 Å². The van der Waals surface area contributed by atoms with Gasteiger partial charge in [0.05, 0.1) is 6.54 Å². The molecule has 0 aliphatic heterocycles. The summed E-state index contributed by atoms with van der Waals surface area (Å²) in [5.41, 5.74) is -1.16. The monoisotopic (exact) mass is 259 g/mol. The van der Waals surface area contributed by atoms with Crippen molar-refractivity contribution < 1.29 is 19.5 Å². The first-order chi connectivity index (χ1) is 8.25. The van der Waals surface area contributed by atoms with Crippen molar-refractivity contribution in [1.82, 2.24) is 15.5 Å². The predicted molar refractivity (Wildman–Crippen MR) is 66.2 cm³/mol. The van der Waals surface area contributed by atoms with E-state index in [2.05, 4.69) is 10.6 Å². The zero-order valence-corrected chi connectivity index (χ0v) is 11.2. The zero-order valence-electron chi connectivity index (χ0n) is 11.2. The molecule has 0 aromatic rings. The summed E-state index contributed by atoms with van der Waals surface area (Å²) in [5, 5.41) is 13.6. The van der Waals surface area contributed by atoms with Crippen molar-refractivity contribution in [3.63, 3.8) is 0 Å². The van der Waals surface area contributed by atoms with E-state index in [9.17, 15) is 14.4 Å². The van der Waals surface area contributed by atoms with Crippen molar-refractivity contribution in [1.29, 1.82) is 0 Å². The summed E-state index contributed by atoms with van der Waals surface area (Å²) in [7, 11) is 0. The highest BCUT2D eigenvalue weighted by atomic mass is 16.4. The fourth-order valence-electron chi connectivity index (χ4n) is 1.38. The molecule has 0 aliphatic rings. The van der Waals surface area contributed by atoms with E-state index in [0.29, 0.717) is 13.1 Å². The fourth-order valence-corrected chi connectivity index (χ4v) is 1.38. The van der Waals surface area contributed by atoms with E-state index in [-0.39, 0.29) is 6.54 Å². The minimum Gasteiger partial charge on any atom is -0.480 e. The van der Waals surface area contributed by atoms with Crippen molar-refractivity contribution in [3.8, 4) is 0 Å². The molecule has 0 aromatic heterocycles. The lowest BCUT2D eigenvalue weighted by Crippen LogP contribution is -2.54. The summed E-state index contributed by atoms with van der Waals surface area (Å²) in [5.74, 6) is -1.55. The van der Waals surface area contributed by atoms with Gasteiger partial charge in [-0.1, -0.05) is 6.92 Å². The minimum absolute atomic E-state index is 0.146. The Morgan fingerprint density at radius 1 is 1.22 bits per heavy atom. The Morgan fingerprint density at radius 2 is 1.78 bits per heavy atom. The molecule has 0 spiro atoms. The minimum atomic E-state index is -1.16. The number of hydrogen-bond donors (Lipinski definition) is 3. The SMILES string of the molecule is CCNC(=O)NC(=O)CN(CC)C(C)(C)C(=O)O. The third-order valence-corrected chi connectivity index (χ3v) is 2.62. The third-order valence-electron chi connectivity index (χ3n) is 2.62. The molecule has 104 valence electrons. The number of imide groups is 1. The maximum absolute atomic E-state index is 11.6. The fraction of sp³-hybridized carbons (Fsp3) is 0.727. The van der Waals surface area contributed by atoms with Crippen LogP contribution in [0, 0.1) is 0 Å². The molecule has 0 atom stereocenters. The molecule has 0 saturated carbocycles. The van der Waals surface area contributed by atoms with Gasteiger partial charge in [-0.3, -0.25) is 19.8 Å². The number of carbonyl (C=O) groups excluding carboxylic acids is 2. The highest BCUT2D eigenvalue weighted by Gasteiger charge is 2.34. The van der Waals surface area contributed by atoms with E-state index in [1.807, 2.05) is 0 Å². The molecule has 0 rings (SSSR count). The lowest BCUT2D eigenvalue weighted by atomic mass is 10.0. The Kier molecular flexibility index (Phi) is 6.32. The molecular weight excluding hydrogens is 238 g/mol. The molecule has 0 heterocycles. The van der Waals surface area contributed by atoms with E-state index in [1.165, 1.54) is 18.7 Å². The van der Waals surface area contributed by atoms with Gasteiger partial charge in [-0.05, 0) is 27.3 Å². The number of aliphatic carboxylic acids is 1. The van der Waals surface area contributed by atoms with Gasteiger partial charge < -0.3 is 10.4 Å². The Balaban J connectivity index is 4.51. The lowest BCUT2D eigenvalue weighted by molar-refractivity contribution is -0.149. The number of urea groups is 1. The lowest BCUT2D eigenvalue weighted by Gasteiger charge is -2.33. The van der Waals surface area contributed by atoms with Crippen LogP contribution in [0.25, 0.3) is 0 Å². The molecule has 0 unspecified atom stereocenters. The topological polar surface area (TPSA) is 98.7 Å². The van der Waals surface area contributed by atoms with Crippen molar-refractivity contribution in [2.45, 2.75) is 33.2 Å². The molecule has 7 heteroatoms. The van der Waals surface area contributed by atoms with E-state index >= 15 is 0 Å². The molecule has 0 bridgehead atoms. The molecule has 18 heavy (non-hydrogen) atoms. The van der Waals surface area contributed by atoms with E-state index < -0.39 is 23.4 Å². The van der Waals surface area contributed by atoms with Gasteiger partial charge in [0.2, 0.25) is 5.91 Å². The quantitative estimate of drug-likeness (QED) is 0.624. The first-order valence-electron chi connectivity index (χ1n) is 5.81. The van der Waals surface area contributed by atoms with E-state index in [1.54, 1.807) is 13.8 Å². The highest BCUT2D eigenvalue weighted by Crippen LogP contribution is 2.13. The second kappa shape index (κ2) is 6.95. The average Bonchev–Trinajstić information content (AvgIpc) is 2.25. The predicted octanol–water partition coefficient (Wildman–Crippen LogP) is 0.0172. The van der Waals surface area contributed by atoms with Crippen LogP contribution in [0.2, 0.25) is 0 Å². The van der Waals surface area contributed by atoms with Crippen LogP contribution < -0.4 is 10.6 Å². The molecule has 0 fully saturated rings. The number of rotatable bonds is 6.